The number of benzene rings is 1. The van der Waals surface area contributed by atoms with Gasteiger partial charge in [0.15, 0.2) is 5.82 Å². The van der Waals surface area contributed by atoms with Crippen LogP contribution in [0.2, 0.25) is 0 Å². The minimum Gasteiger partial charge on any atom is -0.480 e. The number of hydrogen-bond donors (Lipinski definition) is 4. The van der Waals surface area contributed by atoms with Crippen molar-refractivity contribution in [2.75, 3.05) is 6.54 Å². The Balaban J connectivity index is 1.18. The highest BCUT2D eigenvalue weighted by atomic mass is 19.1. The maximum absolute atomic E-state index is 14.5. The lowest BCUT2D eigenvalue weighted by molar-refractivity contribution is -0.139. The van der Waals surface area contributed by atoms with E-state index in [0.717, 1.165) is 31.4 Å². The molecule has 0 aliphatic heterocycles. The number of aryl methyl sites for hydroxylation is 3. The van der Waals surface area contributed by atoms with E-state index in [2.05, 4.69) is 27.8 Å². The molecule has 0 saturated heterocycles. The van der Waals surface area contributed by atoms with Gasteiger partial charge in [-0.1, -0.05) is 18.2 Å². The molecule has 0 saturated carbocycles. The van der Waals surface area contributed by atoms with Crippen LogP contribution in [-0.4, -0.2) is 45.4 Å². The molecule has 9 heteroatoms. The molecule has 0 bridgehead atoms. The Hall–Kier alpha value is -3.75. The normalized spacial score (nSPS) is 13.7. The fourth-order valence-electron chi connectivity index (χ4n) is 4.55. The third kappa shape index (κ3) is 6.27. The van der Waals surface area contributed by atoms with Crippen molar-refractivity contribution in [1.29, 1.82) is 0 Å². The van der Waals surface area contributed by atoms with E-state index in [1.165, 1.54) is 30.2 Å². The van der Waals surface area contributed by atoms with Gasteiger partial charge in [-0.25, -0.2) is 9.18 Å². The molecule has 3 aromatic rings. The lowest BCUT2D eigenvalue weighted by Gasteiger charge is -2.15. The van der Waals surface area contributed by atoms with E-state index in [-0.39, 0.29) is 30.0 Å². The van der Waals surface area contributed by atoms with Crippen molar-refractivity contribution < 1.29 is 23.9 Å². The minimum atomic E-state index is -1.27. The number of aliphatic carboxylic acids is 1. The highest BCUT2D eigenvalue weighted by molar-refractivity contribution is 6.00. The molecule has 0 radical (unpaired) electrons. The Morgan fingerprint density at radius 2 is 1.89 bits per heavy atom. The minimum absolute atomic E-state index is 0.0201. The number of unbranched alkanes of at least 4 members (excludes halogenated alkanes) is 1. The first-order chi connectivity index (χ1) is 17.4. The van der Waals surface area contributed by atoms with Gasteiger partial charge in [0.05, 0.1) is 0 Å². The molecule has 1 atom stereocenters. The number of nitrogens with zero attached hydrogens (tertiary/aromatic N) is 1. The maximum atomic E-state index is 14.5. The van der Waals surface area contributed by atoms with Crippen molar-refractivity contribution in [3.05, 3.63) is 64.9 Å². The van der Waals surface area contributed by atoms with Crippen LogP contribution in [0.15, 0.2) is 36.4 Å². The van der Waals surface area contributed by atoms with Gasteiger partial charge in [0, 0.05) is 35.3 Å². The van der Waals surface area contributed by atoms with Gasteiger partial charge in [-0.15, -0.1) is 0 Å². The second-order valence-electron chi connectivity index (χ2n) is 9.19. The van der Waals surface area contributed by atoms with Gasteiger partial charge in [0.1, 0.15) is 11.7 Å². The zero-order chi connectivity index (χ0) is 25.5. The Bertz CT molecular complexity index is 1260. The number of rotatable bonds is 11. The van der Waals surface area contributed by atoms with E-state index in [9.17, 15) is 23.9 Å². The van der Waals surface area contributed by atoms with Gasteiger partial charge >= 0.3 is 5.97 Å². The van der Waals surface area contributed by atoms with Crippen LogP contribution in [0.1, 0.15) is 66.0 Å². The Morgan fingerprint density at radius 3 is 2.69 bits per heavy atom. The topological polar surface area (TPSA) is 124 Å². The molecule has 2 heterocycles. The zero-order valence-electron chi connectivity index (χ0n) is 20.1. The molecule has 1 aromatic carbocycles. The second kappa shape index (κ2) is 11.8. The third-order valence-electron chi connectivity index (χ3n) is 6.55. The number of fused-ring (bicyclic) bond motifs is 2. The molecule has 4 N–H and O–H groups in total. The summed E-state index contributed by atoms with van der Waals surface area (Å²) in [4.78, 5) is 43.7. The van der Waals surface area contributed by atoms with Crippen LogP contribution >= 0.6 is 0 Å². The van der Waals surface area contributed by atoms with Crippen molar-refractivity contribution in [2.24, 2.45) is 0 Å². The molecular formula is C27H31FN4O4. The molecule has 2 aromatic heterocycles. The lowest BCUT2D eigenvalue weighted by Crippen LogP contribution is -2.43. The first kappa shape index (κ1) is 25.3. The van der Waals surface area contributed by atoms with Crippen molar-refractivity contribution >= 4 is 28.7 Å². The zero-order valence-corrected chi connectivity index (χ0v) is 20.1. The van der Waals surface area contributed by atoms with E-state index in [1.54, 1.807) is 18.2 Å². The smallest absolute Gasteiger partial charge is 0.326 e. The number of pyridine rings is 1. The second-order valence-corrected chi connectivity index (χ2v) is 9.19. The van der Waals surface area contributed by atoms with Crippen LogP contribution in [0.4, 0.5) is 4.39 Å². The fraction of sp³-hybridized carbons (Fsp3) is 0.407. The van der Waals surface area contributed by atoms with Crippen LogP contribution in [0.5, 0.6) is 0 Å². The number of hydrogen-bond acceptors (Lipinski definition) is 4. The third-order valence-corrected chi connectivity index (χ3v) is 6.55. The summed E-state index contributed by atoms with van der Waals surface area (Å²) in [6, 6.07) is 9.50. The molecule has 1 aliphatic carbocycles. The number of para-hydroxylation sites is 1. The average Bonchev–Trinajstić information content (AvgIpc) is 3.22. The number of aromatic amines is 1. The Labute approximate surface area is 208 Å². The fourth-order valence-corrected chi connectivity index (χ4v) is 4.55. The van der Waals surface area contributed by atoms with Crippen molar-refractivity contribution in [3.8, 4) is 0 Å². The van der Waals surface area contributed by atoms with Gasteiger partial charge in [-0.05, 0) is 75.1 Å². The number of carbonyl (C=O) groups excluding carboxylic acids is 2. The highest BCUT2D eigenvalue weighted by Crippen LogP contribution is 2.21. The van der Waals surface area contributed by atoms with Gasteiger partial charge < -0.3 is 20.7 Å². The summed E-state index contributed by atoms with van der Waals surface area (Å²) in [6.07, 6.45) is 7.23. The van der Waals surface area contributed by atoms with E-state index in [1.807, 2.05) is 0 Å². The number of H-pyrrole nitrogens is 1. The summed E-state index contributed by atoms with van der Waals surface area (Å²) in [7, 11) is 0. The first-order valence-electron chi connectivity index (χ1n) is 12.5. The number of carbonyl (C=O) groups is 3. The van der Waals surface area contributed by atoms with Gasteiger partial charge in [-0.2, -0.15) is 0 Å². The summed E-state index contributed by atoms with van der Waals surface area (Å²) in [5.74, 6) is -3.01. The van der Waals surface area contributed by atoms with Crippen molar-refractivity contribution in [2.45, 2.75) is 63.8 Å². The van der Waals surface area contributed by atoms with Crippen LogP contribution in [0, 0.1) is 5.82 Å². The summed E-state index contributed by atoms with van der Waals surface area (Å²) in [5, 5.41) is 14.8. The Morgan fingerprint density at radius 1 is 1.08 bits per heavy atom. The number of aromatic nitrogens is 2. The summed E-state index contributed by atoms with van der Waals surface area (Å²) in [6.45, 7) is 0.0810. The number of nitrogens with one attached hydrogen (secondary N) is 3. The first-order valence-corrected chi connectivity index (χ1v) is 12.5. The highest BCUT2D eigenvalue weighted by Gasteiger charge is 2.24. The predicted octanol–water partition coefficient (Wildman–Crippen LogP) is 3.68. The average molecular weight is 495 g/mol. The van der Waals surface area contributed by atoms with Gasteiger partial charge in [0.2, 0.25) is 5.91 Å². The molecular weight excluding hydrogens is 463 g/mol. The van der Waals surface area contributed by atoms with E-state index < -0.39 is 23.7 Å². The Kier molecular flexibility index (Phi) is 8.30. The standard InChI is InChI=1S/C27H31FN4O4/c28-24-19-9-3-5-11-21(19)31-25(24)26(34)32-22(27(35)36)15-16-29-23(33)12-6-2-8-18-14-13-17-7-1-4-10-20(17)30-18/h3,5,9,11,13-14,22,31H,1-2,4,6-8,10,12,15-16H2,(H,29,33)(H,32,34)(H,35,36)/t22-/m0/s1. The molecule has 8 nitrogen and oxygen atoms in total. The van der Waals surface area contributed by atoms with Crippen LogP contribution in [-0.2, 0) is 28.9 Å². The van der Waals surface area contributed by atoms with Crippen molar-refractivity contribution in [1.82, 2.24) is 20.6 Å². The van der Waals surface area contributed by atoms with Crippen molar-refractivity contribution in [3.63, 3.8) is 0 Å². The van der Waals surface area contributed by atoms with Gasteiger partial charge in [-0.3, -0.25) is 14.6 Å². The molecule has 0 spiro atoms. The van der Waals surface area contributed by atoms with E-state index in [0.29, 0.717) is 18.4 Å². The van der Waals surface area contributed by atoms with Crippen LogP contribution in [0.3, 0.4) is 0 Å². The molecule has 0 fully saturated rings. The number of amides is 2. The van der Waals surface area contributed by atoms with Gasteiger partial charge in [0.25, 0.3) is 5.91 Å². The SMILES string of the molecule is O=C(CCCCc1ccc2c(n1)CCCC2)NCC[C@H](NC(=O)c1[nH]c2ccccc2c1F)C(=O)O. The van der Waals surface area contributed by atoms with E-state index >= 15 is 0 Å². The lowest BCUT2D eigenvalue weighted by atomic mass is 9.95. The monoisotopic (exact) mass is 494 g/mol. The largest absolute Gasteiger partial charge is 0.480 e. The number of carboxylic acid groups (broad SMARTS) is 1. The molecule has 4 rings (SSSR count). The summed E-state index contributed by atoms with van der Waals surface area (Å²) >= 11 is 0. The molecule has 2 amide bonds. The molecule has 36 heavy (non-hydrogen) atoms. The molecule has 0 unspecified atom stereocenters. The number of halogens is 1. The summed E-state index contributed by atoms with van der Waals surface area (Å²) in [5.41, 5.74) is 3.75. The number of carboxylic acids is 1. The molecule has 1 aliphatic rings. The summed E-state index contributed by atoms with van der Waals surface area (Å²) < 4.78 is 14.5. The van der Waals surface area contributed by atoms with Crippen LogP contribution < -0.4 is 10.6 Å². The van der Waals surface area contributed by atoms with Crippen LogP contribution in [0.25, 0.3) is 10.9 Å². The predicted molar refractivity (Wildman–Crippen MR) is 133 cm³/mol. The quantitative estimate of drug-likeness (QED) is 0.303. The van der Waals surface area contributed by atoms with E-state index in [4.69, 9.17) is 4.98 Å². The maximum Gasteiger partial charge on any atom is 0.326 e. The molecule has 190 valence electrons.